The molecule has 5 nitrogen and oxygen atoms in total. The predicted molar refractivity (Wildman–Crippen MR) is 78.9 cm³/mol. The molecule has 0 radical (unpaired) electrons. The van der Waals surface area contributed by atoms with E-state index >= 15 is 0 Å². The molecule has 1 aliphatic rings. The van der Waals surface area contributed by atoms with Crippen molar-refractivity contribution in [1.29, 1.82) is 0 Å². The number of rotatable bonds is 4. The van der Waals surface area contributed by atoms with E-state index in [-0.39, 0.29) is 5.91 Å². The fraction of sp³-hybridized carbons (Fsp3) is 0.250. The van der Waals surface area contributed by atoms with E-state index in [4.69, 9.17) is 4.74 Å². The van der Waals surface area contributed by atoms with Crippen molar-refractivity contribution in [3.8, 4) is 5.75 Å². The molecular formula is C16H17N3O2. The molecule has 21 heavy (non-hydrogen) atoms. The van der Waals surface area contributed by atoms with Gasteiger partial charge in [0.2, 0.25) is 0 Å². The van der Waals surface area contributed by atoms with Crippen LogP contribution in [0.2, 0.25) is 0 Å². The van der Waals surface area contributed by atoms with Gasteiger partial charge in [0.1, 0.15) is 5.75 Å². The first-order valence-corrected chi connectivity index (χ1v) is 6.85. The normalized spacial score (nSPS) is 12.8. The average Bonchev–Trinajstić information content (AvgIpc) is 3.00. The van der Waals surface area contributed by atoms with E-state index in [9.17, 15) is 4.79 Å². The van der Waals surface area contributed by atoms with Crippen LogP contribution in [0, 0.1) is 0 Å². The summed E-state index contributed by atoms with van der Waals surface area (Å²) in [6, 6.07) is 7.96. The van der Waals surface area contributed by atoms with Gasteiger partial charge in [0.15, 0.2) is 0 Å². The maximum atomic E-state index is 12.2. The van der Waals surface area contributed by atoms with Crippen LogP contribution in [0.1, 0.15) is 27.0 Å². The first kappa shape index (κ1) is 13.6. The molecule has 0 saturated carbocycles. The standard InChI is InChI=1S/C16H17N3O2/c1-21-15-10-17-5-4-14(15)16(20)19-7-11-2-3-12-8-18-9-13(12)6-11/h2-6,10,18H,7-9H2,1H3,(H,19,20). The molecule has 1 aromatic carbocycles. The molecule has 0 saturated heterocycles. The number of pyridine rings is 1. The maximum absolute atomic E-state index is 12.2. The van der Waals surface area contributed by atoms with Crippen LogP contribution >= 0.6 is 0 Å². The van der Waals surface area contributed by atoms with Crippen molar-refractivity contribution in [1.82, 2.24) is 15.6 Å². The topological polar surface area (TPSA) is 63.2 Å². The molecule has 2 heterocycles. The van der Waals surface area contributed by atoms with Crippen molar-refractivity contribution in [2.24, 2.45) is 0 Å². The largest absolute Gasteiger partial charge is 0.494 e. The summed E-state index contributed by atoms with van der Waals surface area (Å²) in [5.74, 6) is 0.320. The number of nitrogens with zero attached hydrogens (tertiary/aromatic N) is 1. The molecule has 0 bridgehead atoms. The first-order valence-electron chi connectivity index (χ1n) is 6.85. The number of fused-ring (bicyclic) bond motifs is 1. The smallest absolute Gasteiger partial charge is 0.255 e. The molecule has 0 atom stereocenters. The molecule has 0 unspecified atom stereocenters. The lowest BCUT2D eigenvalue weighted by molar-refractivity contribution is 0.0947. The van der Waals surface area contributed by atoms with Crippen LogP contribution in [-0.4, -0.2) is 18.0 Å². The monoisotopic (exact) mass is 283 g/mol. The van der Waals surface area contributed by atoms with Crippen molar-refractivity contribution in [3.63, 3.8) is 0 Å². The van der Waals surface area contributed by atoms with E-state index in [1.54, 1.807) is 12.3 Å². The van der Waals surface area contributed by atoms with Gasteiger partial charge >= 0.3 is 0 Å². The Hall–Kier alpha value is -2.40. The molecule has 3 rings (SSSR count). The Kier molecular flexibility index (Phi) is 3.83. The van der Waals surface area contributed by atoms with E-state index in [1.165, 1.54) is 24.4 Å². The summed E-state index contributed by atoms with van der Waals surface area (Å²) >= 11 is 0. The highest BCUT2D eigenvalue weighted by atomic mass is 16.5. The number of benzene rings is 1. The predicted octanol–water partition coefficient (Wildman–Crippen LogP) is 1.62. The fourth-order valence-corrected chi connectivity index (χ4v) is 2.47. The molecule has 1 amide bonds. The van der Waals surface area contributed by atoms with E-state index in [0.717, 1.165) is 18.7 Å². The lowest BCUT2D eigenvalue weighted by Crippen LogP contribution is -2.23. The third-order valence-electron chi connectivity index (χ3n) is 3.60. The van der Waals surface area contributed by atoms with Crippen molar-refractivity contribution in [2.75, 3.05) is 7.11 Å². The zero-order valence-corrected chi connectivity index (χ0v) is 11.8. The molecule has 1 aliphatic heterocycles. The van der Waals surface area contributed by atoms with Crippen LogP contribution in [0.5, 0.6) is 5.75 Å². The molecule has 2 aromatic rings. The van der Waals surface area contributed by atoms with Gasteiger partial charge in [0.05, 0.1) is 18.9 Å². The SMILES string of the molecule is COc1cnccc1C(=O)NCc1ccc2c(c1)CNC2. The number of nitrogens with one attached hydrogen (secondary N) is 2. The second kappa shape index (κ2) is 5.93. The molecule has 2 N–H and O–H groups in total. The van der Waals surface area contributed by atoms with Crippen LogP contribution in [-0.2, 0) is 19.6 Å². The number of methoxy groups -OCH3 is 1. The molecule has 0 aliphatic carbocycles. The van der Waals surface area contributed by atoms with E-state index in [1.807, 2.05) is 0 Å². The van der Waals surface area contributed by atoms with Crippen LogP contribution in [0.25, 0.3) is 0 Å². The third kappa shape index (κ3) is 2.87. The van der Waals surface area contributed by atoms with E-state index in [0.29, 0.717) is 17.9 Å². The highest BCUT2D eigenvalue weighted by molar-refractivity contribution is 5.96. The lowest BCUT2D eigenvalue weighted by Gasteiger charge is -2.09. The minimum atomic E-state index is -0.159. The second-order valence-corrected chi connectivity index (χ2v) is 4.97. The first-order chi connectivity index (χ1) is 10.3. The lowest BCUT2D eigenvalue weighted by atomic mass is 10.1. The minimum Gasteiger partial charge on any atom is -0.494 e. The highest BCUT2D eigenvalue weighted by Gasteiger charge is 2.13. The van der Waals surface area contributed by atoms with Gasteiger partial charge in [-0.1, -0.05) is 18.2 Å². The van der Waals surface area contributed by atoms with Crippen molar-refractivity contribution in [2.45, 2.75) is 19.6 Å². The minimum absolute atomic E-state index is 0.159. The van der Waals surface area contributed by atoms with Gasteiger partial charge in [-0.25, -0.2) is 0 Å². The maximum Gasteiger partial charge on any atom is 0.255 e. The fourth-order valence-electron chi connectivity index (χ4n) is 2.47. The second-order valence-electron chi connectivity index (χ2n) is 4.97. The molecule has 108 valence electrons. The number of hydrogen-bond donors (Lipinski definition) is 2. The Morgan fingerprint density at radius 3 is 3.05 bits per heavy atom. The van der Waals surface area contributed by atoms with Gasteiger partial charge in [-0.05, 0) is 22.8 Å². The molecule has 0 spiro atoms. The van der Waals surface area contributed by atoms with Crippen molar-refractivity contribution >= 4 is 5.91 Å². The van der Waals surface area contributed by atoms with Crippen molar-refractivity contribution < 1.29 is 9.53 Å². The van der Waals surface area contributed by atoms with Crippen LogP contribution in [0.4, 0.5) is 0 Å². The Morgan fingerprint density at radius 1 is 1.33 bits per heavy atom. The van der Waals surface area contributed by atoms with E-state index < -0.39 is 0 Å². The quantitative estimate of drug-likeness (QED) is 0.895. The number of carbonyl (C=O) groups is 1. The summed E-state index contributed by atoms with van der Waals surface area (Å²) in [5, 5.41) is 6.22. The van der Waals surface area contributed by atoms with Gasteiger partial charge in [-0.15, -0.1) is 0 Å². The Morgan fingerprint density at radius 2 is 2.19 bits per heavy atom. The zero-order valence-electron chi connectivity index (χ0n) is 11.8. The Bertz CT molecular complexity index is 670. The van der Waals surface area contributed by atoms with Gasteiger partial charge in [-0.3, -0.25) is 9.78 Å². The van der Waals surface area contributed by atoms with Gasteiger partial charge < -0.3 is 15.4 Å². The van der Waals surface area contributed by atoms with Gasteiger partial charge in [0, 0.05) is 25.8 Å². The highest BCUT2D eigenvalue weighted by Crippen LogP contribution is 2.18. The van der Waals surface area contributed by atoms with E-state index in [2.05, 4.69) is 33.8 Å². The summed E-state index contributed by atoms with van der Waals surface area (Å²) in [7, 11) is 1.53. The van der Waals surface area contributed by atoms with Crippen molar-refractivity contribution in [3.05, 3.63) is 58.9 Å². The number of carbonyl (C=O) groups excluding carboxylic acids is 1. The summed E-state index contributed by atoms with van der Waals surface area (Å²) in [6.45, 7) is 2.32. The third-order valence-corrected chi connectivity index (χ3v) is 3.60. The van der Waals surface area contributed by atoms with Gasteiger partial charge in [0.25, 0.3) is 5.91 Å². The Balaban J connectivity index is 1.68. The van der Waals surface area contributed by atoms with Crippen LogP contribution in [0.3, 0.4) is 0 Å². The number of amides is 1. The molecule has 0 fully saturated rings. The number of hydrogen-bond acceptors (Lipinski definition) is 4. The molecular weight excluding hydrogens is 266 g/mol. The van der Waals surface area contributed by atoms with Crippen LogP contribution in [0.15, 0.2) is 36.7 Å². The Labute approximate surface area is 123 Å². The van der Waals surface area contributed by atoms with Gasteiger partial charge in [-0.2, -0.15) is 0 Å². The average molecular weight is 283 g/mol. The number of aromatic nitrogens is 1. The summed E-state index contributed by atoms with van der Waals surface area (Å²) in [6.07, 6.45) is 3.12. The number of ether oxygens (including phenoxy) is 1. The van der Waals surface area contributed by atoms with Crippen LogP contribution < -0.4 is 15.4 Å². The summed E-state index contributed by atoms with van der Waals surface area (Å²) in [4.78, 5) is 16.1. The summed E-state index contributed by atoms with van der Waals surface area (Å²) in [5.41, 5.74) is 4.23. The molecule has 1 aromatic heterocycles. The molecule has 5 heteroatoms. The summed E-state index contributed by atoms with van der Waals surface area (Å²) < 4.78 is 5.15. The zero-order chi connectivity index (χ0) is 14.7.